The van der Waals surface area contributed by atoms with Crippen LogP contribution < -0.4 is 4.90 Å². The quantitative estimate of drug-likeness (QED) is 0.780. The minimum Gasteiger partial charge on any atom is -0.331 e. The van der Waals surface area contributed by atoms with Crippen molar-refractivity contribution < 1.29 is 4.79 Å². The maximum atomic E-state index is 10.7. The van der Waals surface area contributed by atoms with E-state index in [4.69, 9.17) is 11.6 Å². The van der Waals surface area contributed by atoms with Gasteiger partial charge in [0.1, 0.15) is 0 Å². The second-order valence-corrected chi connectivity index (χ2v) is 3.83. The Kier molecular flexibility index (Phi) is 4.77. The fourth-order valence-corrected chi connectivity index (χ4v) is 1.70. The van der Waals surface area contributed by atoms with E-state index in [9.17, 15) is 4.79 Å². The highest BCUT2D eigenvalue weighted by molar-refractivity contribution is 6.63. The van der Waals surface area contributed by atoms with E-state index in [0.29, 0.717) is 0 Å². The average molecular weight is 259 g/mol. The highest BCUT2D eigenvalue weighted by Crippen LogP contribution is 2.16. The van der Waals surface area contributed by atoms with Crippen molar-refractivity contribution in [1.29, 1.82) is 0 Å². The number of benzene rings is 1. The third-order valence-electron chi connectivity index (χ3n) is 2.30. The molecule has 1 heterocycles. The lowest BCUT2D eigenvalue weighted by Gasteiger charge is -2.13. The van der Waals surface area contributed by atoms with Gasteiger partial charge in [0.2, 0.25) is 5.24 Å². The minimum absolute atomic E-state index is 0. The van der Waals surface area contributed by atoms with Gasteiger partial charge in [0.15, 0.2) is 0 Å². The zero-order chi connectivity index (χ0) is 10.7. The molecule has 16 heavy (non-hydrogen) atoms. The average Bonchev–Trinajstić information content (AvgIpc) is 2.71. The van der Waals surface area contributed by atoms with Crippen LogP contribution in [0.25, 0.3) is 0 Å². The molecule has 0 atom stereocenters. The first kappa shape index (κ1) is 13.0. The van der Waals surface area contributed by atoms with Gasteiger partial charge in [0.05, 0.1) is 12.9 Å². The minimum atomic E-state index is -0.328. The van der Waals surface area contributed by atoms with E-state index in [2.05, 4.69) is 9.89 Å². The van der Waals surface area contributed by atoms with Gasteiger partial charge in [-0.25, -0.2) is 0 Å². The fourth-order valence-electron chi connectivity index (χ4n) is 1.54. The largest absolute Gasteiger partial charge is 0.331 e. The first-order valence-electron chi connectivity index (χ1n) is 4.79. The van der Waals surface area contributed by atoms with Crippen LogP contribution >= 0.6 is 24.0 Å². The molecule has 86 valence electrons. The Bertz CT molecular complexity index is 389. The molecule has 0 radical (unpaired) electrons. The topological polar surface area (TPSA) is 32.7 Å². The van der Waals surface area contributed by atoms with Gasteiger partial charge in [-0.2, -0.15) is 0 Å². The summed E-state index contributed by atoms with van der Waals surface area (Å²) in [5.74, 6) is 0. The van der Waals surface area contributed by atoms with Gasteiger partial charge in [-0.15, -0.1) is 12.4 Å². The number of hydrogen-bond acceptors (Lipinski definition) is 3. The summed E-state index contributed by atoms with van der Waals surface area (Å²) < 4.78 is 0. The van der Waals surface area contributed by atoms with E-state index in [1.165, 1.54) is 0 Å². The molecular weight excluding hydrogens is 247 g/mol. The fraction of sp³-hybridized carbons (Fsp3) is 0.273. The summed E-state index contributed by atoms with van der Waals surface area (Å²) in [6, 6.07) is 7.79. The van der Waals surface area contributed by atoms with Gasteiger partial charge in [-0.3, -0.25) is 9.79 Å². The summed E-state index contributed by atoms with van der Waals surface area (Å²) in [5, 5.41) is -0.328. The summed E-state index contributed by atoms with van der Waals surface area (Å²) in [7, 11) is 0. The third kappa shape index (κ3) is 3.22. The first-order chi connectivity index (χ1) is 7.25. The molecule has 0 N–H and O–H groups in total. The number of anilines is 1. The molecule has 0 aliphatic carbocycles. The Morgan fingerprint density at radius 1 is 1.38 bits per heavy atom. The van der Waals surface area contributed by atoms with E-state index in [1.54, 1.807) is 0 Å². The van der Waals surface area contributed by atoms with Gasteiger partial charge < -0.3 is 4.90 Å². The zero-order valence-electron chi connectivity index (χ0n) is 8.60. The van der Waals surface area contributed by atoms with Crippen LogP contribution in [0, 0.1) is 0 Å². The highest BCUT2D eigenvalue weighted by Gasteiger charge is 2.07. The molecule has 1 aliphatic heterocycles. The van der Waals surface area contributed by atoms with E-state index >= 15 is 0 Å². The van der Waals surface area contributed by atoms with Gasteiger partial charge in [-0.05, 0) is 29.3 Å². The van der Waals surface area contributed by atoms with Crippen molar-refractivity contribution in [2.45, 2.75) is 6.42 Å². The van der Waals surface area contributed by atoms with E-state index < -0.39 is 0 Å². The van der Waals surface area contributed by atoms with Gasteiger partial charge in [0, 0.05) is 18.7 Å². The van der Waals surface area contributed by atoms with Gasteiger partial charge >= 0.3 is 0 Å². The van der Waals surface area contributed by atoms with Crippen molar-refractivity contribution >= 4 is 41.3 Å². The molecule has 0 spiro atoms. The molecule has 0 bridgehead atoms. The number of nitrogens with zero attached hydrogens (tertiary/aromatic N) is 2. The maximum Gasteiger partial charge on any atom is 0.226 e. The zero-order valence-corrected chi connectivity index (χ0v) is 10.2. The summed E-state index contributed by atoms with van der Waals surface area (Å²) in [6.07, 6.45) is 2.12. The Hall–Kier alpha value is -1.06. The van der Waals surface area contributed by atoms with Crippen LogP contribution in [0.15, 0.2) is 29.3 Å². The lowest BCUT2D eigenvalue weighted by molar-refractivity contribution is -0.111. The number of aliphatic imine (C=N–C) groups is 1. The standard InChI is InChI=1S/C11H11ClN2O.ClH/c12-11(15)7-9-1-3-10(4-2-9)14-6-5-13-8-14;/h1-4,8H,5-7H2;1H. The molecule has 1 aromatic rings. The lowest BCUT2D eigenvalue weighted by Crippen LogP contribution is -2.17. The van der Waals surface area contributed by atoms with Crippen molar-refractivity contribution in [3.63, 3.8) is 0 Å². The second-order valence-electron chi connectivity index (χ2n) is 3.41. The lowest BCUT2D eigenvalue weighted by atomic mass is 10.1. The number of carbonyl (C=O) groups excluding carboxylic acids is 1. The van der Waals surface area contributed by atoms with E-state index in [-0.39, 0.29) is 24.1 Å². The normalized spacial score (nSPS) is 13.7. The molecule has 2 rings (SSSR count). The van der Waals surface area contributed by atoms with Crippen LogP contribution in [-0.4, -0.2) is 24.7 Å². The van der Waals surface area contributed by atoms with Crippen LogP contribution in [0.3, 0.4) is 0 Å². The van der Waals surface area contributed by atoms with Crippen LogP contribution in [-0.2, 0) is 11.2 Å². The third-order valence-corrected chi connectivity index (χ3v) is 2.44. The SMILES string of the molecule is Cl.O=C(Cl)Cc1ccc(N2C=NCC2)cc1. The van der Waals surface area contributed by atoms with Crippen molar-refractivity contribution in [3.8, 4) is 0 Å². The van der Waals surface area contributed by atoms with Gasteiger partial charge in [0.25, 0.3) is 0 Å². The van der Waals surface area contributed by atoms with Crippen LogP contribution in [0.2, 0.25) is 0 Å². The van der Waals surface area contributed by atoms with Crippen LogP contribution in [0.5, 0.6) is 0 Å². The van der Waals surface area contributed by atoms with Crippen molar-refractivity contribution in [3.05, 3.63) is 29.8 Å². The summed E-state index contributed by atoms with van der Waals surface area (Å²) >= 11 is 5.31. The number of hydrogen-bond donors (Lipinski definition) is 0. The van der Waals surface area contributed by atoms with Crippen LogP contribution in [0.4, 0.5) is 5.69 Å². The smallest absolute Gasteiger partial charge is 0.226 e. The summed E-state index contributed by atoms with van der Waals surface area (Å²) in [4.78, 5) is 16.9. The van der Waals surface area contributed by atoms with Crippen LogP contribution in [0.1, 0.15) is 5.56 Å². The molecule has 3 nitrogen and oxygen atoms in total. The molecule has 0 saturated heterocycles. The Morgan fingerprint density at radius 2 is 2.06 bits per heavy atom. The summed E-state index contributed by atoms with van der Waals surface area (Å²) in [5.41, 5.74) is 2.04. The second kappa shape index (κ2) is 5.87. The predicted molar refractivity (Wildman–Crippen MR) is 69.0 cm³/mol. The van der Waals surface area contributed by atoms with E-state index in [1.807, 2.05) is 30.6 Å². The highest BCUT2D eigenvalue weighted by atomic mass is 35.5. The molecule has 0 unspecified atom stereocenters. The molecular formula is C11H12Cl2N2O. The van der Waals surface area contributed by atoms with Crippen molar-refractivity contribution in [2.75, 3.05) is 18.0 Å². The first-order valence-corrected chi connectivity index (χ1v) is 5.17. The molecule has 0 saturated carbocycles. The molecule has 0 fully saturated rings. The number of halogens is 2. The predicted octanol–water partition coefficient (Wildman–Crippen LogP) is 2.26. The number of rotatable bonds is 3. The van der Waals surface area contributed by atoms with Crippen molar-refractivity contribution in [2.24, 2.45) is 4.99 Å². The number of carbonyl (C=O) groups is 1. The van der Waals surface area contributed by atoms with Gasteiger partial charge in [-0.1, -0.05) is 12.1 Å². The molecule has 1 aliphatic rings. The maximum absolute atomic E-state index is 10.7. The Balaban J connectivity index is 0.00000128. The molecule has 1 aromatic carbocycles. The van der Waals surface area contributed by atoms with E-state index in [0.717, 1.165) is 24.3 Å². The Labute approximate surface area is 106 Å². The summed E-state index contributed by atoms with van der Waals surface area (Å²) in [6.45, 7) is 1.77. The molecule has 0 aromatic heterocycles. The molecule has 5 heteroatoms. The van der Waals surface area contributed by atoms with Crippen molar-refractivity contribution in [1.82, 2.24) is 0 Å². The Morgan fingerprint density at radius 3 is 2.56 bits per heavy atom. The monoisotopic (exact) mass is 258 g/mol. The molecule has 0 amide bonds.